The van der Waals surface area contributed by atoms with Crippen molar-refractivity contribution in [1.29, 1.82) is 0 Å². The molecule has 1 fully saturated rings. The second-order valence-electron chi connectivity index (χ2n) is 4.14. The Balaban J connectivity index is 1.70. The minimum atomic E-state index is -2.57. The number of rotatable bonds is 4. The number of ether oxygens (including phenoxy) is 1. The van der Waals surface area contributed by atoms with E-state index in [4.69, 9.17) is 4.74 Å². The third-order valence-electron chi connectivity index (χ3n) is 2.62. The first-order valence-corrected chi connectivity index (χ1v) is 5.39. The highest BCUT2D eigenvalue weighted by molar-refractivity contribution is 5.13. The van der Waals surface area contributed by atoms with Crippen LogP contribution in [0.2, 0.25) is 0 Å². The SMILES string of the molecule is FC1(F)CNC(COCc2ccccc2)C1. The topological polar surface area (TPSA) is 21.3 Å². The first-order valence-electron chi connectivity index (χ1n) is 5.39. The molecule has 4 heteroatoms. The molecule has 1 aliphatic heterocycles. The van der Waals surface area contributed by atoms with E-state index in [1.54, 1.807) is 0 Å². The second kappa shape index (κ2) is 4.89. The Labute approximate surface area is 93.6 Å². The lowest BCUT2D eigenvalue weighted by Crippen LogP contribution is -2.26. The summed E-state index contributed by atoms with van der Waals surface area (Å²) < 4.78 is 31.1. The van der Waals surface area contributed by atoms with Crippen LogP contribution >= 0.6 is 0 Å². The Morgan fingerprint density at radius 1 is 1.31 bits per heavy atom. The van der Waals surface area contributed by atoms with Crippen LogP contribution in [0.5, 0.6) is 0 Å². The molecule has 0 amide bonds. The molecule has 0 radical (unpaired) electrons. The number of hydrogen-bond donors (Lipinski definition) is 1. The maximum Gasteiger partial charge on any atom is 0.261 e. The lowest BCUT2D eigenvalue weighted by molar-refractivity contribution is 0.0156. The summed E-state index contributed by atoms with van der Waals surface area (Å²) in [6.07, 6.45) is -0.123. The third kappa shape index (κ3) is 3.25. The normalized spacial score (nSPS) is 23.5. The van der Waals surface area contributed by atoms with Crippen molar-refractivity contribution >= 4 is 0 Å². The van der Waals surface area contributed by atoms with Crippen LogP contribution in [-0.4, -0.2) is 25.1 Å². The number of alkyl halides is 2. The van der Waals surface area contributed by atoms with E-state index in [1.807, 2.05) is 30.3 Å². The van der Waals surface area contributed by atoms with Gasteiger partial charge in [-0.1, -0.05) is 30.3 Å². The fourth-order valence-electron chi connectivity index (χ4n) is 1.81. The molecular formula is C12H15F2NO. The van der Waals surface area contributed by atoms with Crippen molar-refractivity contribution in [2.75, 3.05) is 13.2 Å². The number of hydrogen-bond acceptors (Lipinski definition) is 2. The van der Waals surface area contributed by atoms with Crippen LogP contribution < -0.4 is 5.32 Å². The summed E-state index contributed by atoms with van der Waals surface area (Å²) >= 11 is 0. The molecule has 0 saturated carbocycles. The predicted octanol–water partition coefficient (Wildman–Crippen LogP) is 2.20. The van der Waals surface area contributed by atoms with Crippen LogP contribution in [0, 0.1) is 0 Å². The van der Waals surface area contributed by atoms with Crippen molar-refractivity contribution in [2.24, 2.45) is 0 Å². The van der Waals surface area contributed by atoms with E-state index in [0.717, 1.165) is 5.56 Å². The molecule has 0 aliphatic carbocycles. The average Bonchev–Trinajstić information content (AvgIpc) is 2.60. The zero-order valence-electron chi connectivity index (χ0n) is 8.96. The molecular weight excluding hydrogens is 212 g/mol. The van der Waals surface area contributed by atoms with Gasteiger partial charge in [0.1, 0.15) is 0 Å². The number of halogens is 2. The number of nitrogens with one attached hydrogen (secondary N) is 1. The largest absolute Gasteiger partial charge is 0.375 e. The van der Waals surface area contributed by atoms with Gasteiger partial charge in [-0.15, -0.1) is 0 Å². The summed E-state index contributed by atoms with van der Waals surface area (Å²) in [6.45, 7) is 0.585. The zero-order chi connectivity index (χ0) is 11.4. The van der Waals surface area contributed by atoms with Crippen molar-refractivity contribution in [3.8, 4) is 0 Å². The highest BCUT2D eigenvalue weighted by Gasteiger charge is 2.38. The molecule has 1 aliphatic rings. The molecule has 1 atom stereocenters. The van der Waals surface area contributed by atoms with Gasteiger partial charge in [-0.05, 0) is 5.56 Å². The molecule has 0 aromatic heterocycles. The maximum absolute atomic E-state index is 12.8. The summed E-state index contributed by atoms with van der Waals surface area (Å²) in [6, 6.07) is 9.48. The first-order chi connectivity index (χ1) is 7.66. The Morgan fingerprint density at radius 2 is 2.06 bits per heavy atom. The average molecular weight is 227 g/mol. The van der Waals surface area contributed by atoms with E-state index in [0.29, 0.717) is 13.2 Å². The highest BCUT2D eigenvalue weighted by atomic mass is 19.3. The fraction of sp³-hybridized carbons (Fsp3) is 0.500. The Kier molecular flexibility index (Phi) is 3.51. The first kappa shape index (κ1) is 11.5. The maximum atomic E-state index is 12.8. The number of benzene rings is 1. The predicted molar refractivity (Wildman–Crippen MR) is 57.5 cm³/mol. The zero-order valence-corrected chi connectivity index (χ0v) is 8.96. The Bertz CT molecular complexity index is 329. The standard InChI is InChI=1S/C12H15F2NO/c13-12(14)6-11(15-9-12)8-16-7-10-4-2-1-3-5-10/h1-5,11,15H,6-9H2. The van der Waals surface area contributed by atoms with E-state index < -0.39 is 5.92 Å². The van der Waals surface area contributed by atoms with Gasteiger partial charge in [-0.25, -0.2) is 8.78 Å². The molecule has 88 valence electrons. The van der Waals surface area contributed by atoms with E-state index in [2.05, 4.69) is 5.32 Å². The molecule has 1 unspecified atom stereocenters. The summed E-state index contributed by atoms with van der Waals surface area (Å²) in [4.78, 5) is 0. The van der Waals surface area contributed by atoms with Gasteiger partial charge in [0.25, 0.3) is 5.92 Å². The van der Waals surface area contributed by atoms with Gasteiger partial charge < -0.3 is 10.1 Å². The summed E-state index contributed by atoms with van der Waals surface area (Å²) in [5.74, 6) is -2.57. The Morgan fingerprint density at radius 3 is 2.69 bits per heavy atom. The quantitative estimate of drug-likeness (QED) is 0.851. The van der Waals surface area contributed by atoms with Crippen molar-refractivity contribution in [3.05, 3.63) is 35.9 Å². The van der Waals surface area contributed by atoms with Gasteiger partial charge >= 0.3 is 0 Å². The van der Waals surface area contributed by atoms with Crippen molar-refractivity contribution < 1.29 is 13.5 Å². The Hall–Kier alpha value is -1.00. The van der Waals surface area contributed by atoms with Crippen LogP contribution in [0.4, 0.5) is 8.78 Å². The molecule has 2 rings (SSSR count). The fourth-order valence-corrected chi connectivity index (χ4v) is 1.81. The van der Waals surface area contributed by atoms with Crippen LogP contribution in [0.25, 0.3) is 0 Å². The molecule has 16 heavy (non-hydrogen) atoms. The van der Waals surface area contributed by atoms with Gasteiger partial charge in [0, 0.05) is 12.5 Å². The van der Waals surface area contributed by atoms with Crippen molar-refractivity contribution in [3.63, 3.8) is 0 Å². The monoisotopic (exact) mass is 227 g/mol. The van der Waals surface area contributed by atoms with Gasteiger partial charge in [0.15, 0.2) is 0 Å². The summed E-state index contributed by atoms with van der Waals surface area (Å²) in [5, 5.41) is 2.76. The van der Waals surface area contributed by atoms with Crippen molar-refractivity contribution in [1.82, 2.24) is 5.32 Å². The smallest absolute Gasteiger partial charge is 0.261 e. The minimum absolute atomic E-state index is 0.123. The lowest BCUT2D eigenvalue weighted by atomic mass is 10.2. The van der Waals surface area contributed by atoms with Gasteiger partial charge in [-0.2, -0.15) is 0 Å². The molecule has 2 nitrogen and oxygen atoms in total. The molecule has 0 bridgehead atoms. The van der Waals surface area contributed by atoms with Gasteiger partial charge in [-0.3, -0.25) is 0 Å². The highest BCUT2D eigenvalue weighted by Crippen LogP contribution is 2.25. The molecule has 1 N–H and O–H groups in total. The van der Waals surface area contributed by atoms with Gasteiger partial charge in [0.2, 0.25) is 0 Å². The van der Waals surface area contributed by atoms with Crippen LogP contribution in [0.3, 0.4) is 0 Å². The van der Waals surface area contributed by atoms with E-state index >= 15 is 0 Å². The van der Waals surface area contributed by atoms with E-state index in [-0.39, 0.29) is 19.0 Å². The molecule has 1 aromatic carbocycles. The van der Waals surface area contributed by atoms with Crippen LogP contribution in [0.1, 0.15) is 12.0 Å². The van der Waals surface area contributed by atoms with E-state index in [1.165, 1.54) is 0 Å². The van der Waals surface area contributed by atoms with E-state index in [9.17, 15) is 8.78 Å². The van der Waals surface area contributed by atoms with Gasteiger partial charge in [0.05, 0.1) is 19.8 Å². The molecule has 0 spiro atoms. The summed E-state index contributed by atoms with van der Waals surface area (Å²) in [7, 11) is 0. The third-order valence-corrected chi connectivity index (χ3v) is 2.62. The van der Waals surface area contributed by atoms with Crippen molar-refractivity contribution in [2.45, 2.75) is 25.0 Å². The minimum Gasteiger partial charge on any atom is -0.375 e. The molecule has 1 heterocycles. The summed E-state index contributed by atoms with van der Waals surface area (Å²) in [5.41, 5.74) is 1.06. The van der Waals surface area contributed by atoms with Crippen LogP contribution in [0.15, 0.2) is 30.3 Å². The second-order valence-corrected chi connectivity index (χ2v) is 4.14. The molecule has 1 aromatic rings. The molecule has 1 saturated heterocycles. The lowest BCUT2D eigenvalue weighted by Gasteiger charge is -2.10. The van der Waals surface area contributed by atoms with Crippen LogP contribution in [-0.2, 0) is 11.3 Å².